The molecule has 0 aromatic heterocycles. The Kier molecular flexibility index (Phi) is 6.20. The lowest BCUT2D eigenvalue weighted by molar-refractivity contribution is -0.274. The lowest BCUT2D eigenvalue weighted by atomic mass is 10.2. The summed E-state index contributed by atoms with van der Waals surface area (Å²) in [6, 6.07) is 12.7. The molecule has 0 saturated carbocycles. The number of rotatable bonds is 7. The van der Waals surface area contributed by atoms with Crippen molar-refractivity contribution in [3.8, 4) is 11.5 Å². The summed E-state index contributed by atoms with van der Waals surface area (Å²) in [4.78, 5) is 4.01. The van der Waals surface area contributed by atoms with Crippen molar-refractivity contribution in [2.75, 3.05) is 13.2 Å². The summed E-state index contributed by atoms with van der Waals surface area (Å²) in [6.45, 7) is 0.584. The second-order valence-corrected chi connectivity index (χ2v) is 4.81. The average molecular weight is 339 g/mol. The molecular weight excluding hydrogens is 323 g/mol. The van der Waals surface area contributed by atoms with E-state index in [0.717, 1.165) is 11.1 Å². The largest absolute Gasteiger partial charge is 0.573 e. The van der Waals surface area contributed by atoms with E-state index >= 15 is 0 Å². The fraction of sp³-hybridized carbons (Fsp3) is 0.235. The van der Waals surface area contributed by atoms with Crippen LogP contribution in [0.3, 0.4) is 0 Å². The average Bonchev–Trinajstić information content (AvgIpc) is 2.54. The smallest absolute Gasteiger partial charge is 0.489 e. The van der Waals surface area contributed by atoms with E-state index in [1.54, 1.807) is 18.3 Å². The number of ether oxygens (including phenoxy) is 2. The van der Waals surface area contributed by atoms with Crippen molar-refractivity contribution in [3.63, 3.8) is 0 Å². The number of benzene rings is 2. The molecule has 0 unspecified atom stereocenters. The first-order valence-electron chi connectivity index (χ1n) is 7.14. The second-order valence-electron chi connectivity index (χ2n) is 4.81. The van der Waals surface area contributed by atoms with E-state index in [0.29, 0.717) is 12.3 Å². The van der Waals surface area contributed by atoms with Gasteiger partial charge in [0.15, 0.2) is 0 Å². The second kappa shape index (κ2) is 8.35. The molecule has 0 bridgehead atoms. The number of hydrogen-bond donors (Lipinski definition) is 1. The van der Waals surface area contributed by atoms with Gasteiger partial charge in [-0.15, -0.1) is 13.2 Å². The standard InChI is InChI=1S/C17H16F3NO3/c18-17(19,20)24-16-7-3-14(4-8-16)12-23-15-5-1-13(2-6-15)11-21-9-10-22/h1-8,11,22H,9-10,12H2. The van der Waals surface area contributed by atoms with Gasteiger partial charge in [-0.1, -0.05) is 12.1 Å². The minimum Gasteiger partial charge on any atom is -0.489 e. The van der Waals surface area contributed by atoms with Crippen LogP contribution in [0, 0.1) is 0 Å². The molecule has 0 aliphatic rings. The Balaban J connectivity index is 1.86. The lowest BCUT2D eigenvalue weighted by Gasteiger charge is -2.10. The molecule has 2 aromatic rings. The molecule has 2 rings (SSSR count). The van der Waals surface area contributed by atoms with Crippen molar-refractivity contribution in [1.82, 2.24) is 0 Å². The van der Waals surface area contributed by atoms with Crippen molar-refractivity contribution < 1.29 is 27.8 Å². The SMILES string of the molecule is OCCN=Cc1ccc(OCc2ccc(OC(F)(F)F)cc2)cc1. The van der Waals surface area contributed by atoms with E-state index in [-0.39, 0.29) is 19.0 Å². The summed E-state index contributed by atoms with van der Waals surface area (Å²) in [5, 5.41) is 8.64. The molecule has 0 saturated heterocycles. The van der Waals surface area contributed by atoms with Crippen molar-refractivity contribution in [2.24, 2.45) is 4.99 Å². The summed E-state index contributed by atoms with van der Waals surface area (Å²) in [5.41, 5.74) is 1.60. The van der Waals surface area contributed by atoms with E-state index in [9.17, 15) is 13.2 Å². The third kappa shape index (κ3) is 6.29. The monoisotopic (exact) mass is 339 g/mol. The van der Waals surface area contributed by atoms with Crippen molar-refractivity contribution >= 4 is 6.21 Å². The molecule has 0 spiro atoms. The van der Waals surface area contributed by atoms with Crippen LogP contribution in [0.15, 0.2) is 53.5 Å². The molecule has 128 valence electrons. The third-order valence-electron chi connectivity index (χ3n) is 2.91. The number of aliphatic imine (C=N–C) groups is 1. The summed E-state index contributed by atoms with van der Waals surface area (Å²) in [5.74, 6) is 0.364. The lowest BCUT2D eigenvalue weighted by Crippen LogP contribution is -2.17. The van der Waals surface area contributed by atoms with E-state index in [1.165, 1.54) is 24.3 Å². The Hall–Kier alpha value is -2.54. The maximum atomic E-state index is 12.1. The summed E-state index contributed by atoms with van der Waals surface area (Å²) in [6.07, 6.45) is -3.04. The topological polar surface area (TPSA) is 51.1 Å². The highest BCUT2D eigenvalue weighted by Crippen LogP contribution is 2.23. The van der Waals surface area contributed by atoms with Gasteiger partial charge in [-0.25, -0.2) is 0 Å². The Bertz CT molecular complexity index is 652. The zero-order valence-electron chi connectivity index (χ0n) is 12.7. The number of hydrogen-bond acceptors (Lipinski definition) is 4. The normalized spacial score (nSPS) is 11.7. The molecule has 1 N–H and O–H groups in total. The Morgan fingerprint density at radius 1 is 0.958 bits per heavy atom. The number of alkyl halides is 3. The van der Waals surface area contributed by atoms with Crippen molar-refractivity contribution in [2.45, 2.75) is 13.0 Å². The van der Waals surface area contributed by atoms with Crippen LogP contribution in [0.4, 0.5) is 13.2 Å². The van der Waals surface area contributed by atoms with Gasteiger partial charge in [0, 0.05) is 6.21 Å². The Morgan fingerprint density at radius 2 is 1.58 bits per heavy atom. The van der Waals surface area contributed by atoms with Crippen LogP contribution in [0.2, 0.25) is 0 Å². The molecule has 0 atom stereocenters. The molecule has 0 aliphatic carbocycles. The first-order valence-corrected chi connectivity index (χ1v) is 7.14. The van der Waals surface area contributed by atoms with Gasteiger partial charge in [-0.05, 0) is 47.5 Å². The van der Waals surface area contributed by atoms with Crippen LogP contribution < -0.4 is 9.47 Å². The van der Waals surface area contributed by atoms with Crippen LogP contribution >= 0.6 is 0 Å². The highest BCUT2D eigenvalue weighted by molar-refractivity contribution is 5.79. The number of nitrogens with zero attached hydrogens (tertiary/aromatic N) is 1. The molecule has 0 fully saturated rings. The van der Waals surface area contributed by atoms with Gasteiger partial charge in [-0.3, -0.25) is 4.99 Å². The van der Waals surface area contributed by atoms with Crippen molar-refractivity contribution in [3.05, 3.63) is 59.7 Å². The summed E-state index contributed by atoms with van der Waals surface area (Å²) in [7, 11) is 0. The quantitative estimate of drug-likeness (QED) is 0.785. The zero-order valence-corrected chi connectivity index (χ0v) is 12.7. The summed E-state index contributed by atoms with van der Waals surface area (Å²) >= 11 is 0. The van der Waals surface area contributed by atoms with Gasteiger partial charge in [-0.2, -0.15) is 0 Å². The van der Waals surface area contributed by atoms with Crippen LogP contribution in [-0.2, 0) is 6.61 Å². The summed E-state index contributed by atoms with van der Waals surface area (Å²) < 4.78 is 45.6. The molecule has 0 heterocycles. The van der Waals surface area contributed by atoms with Crippen LogP contribution in [-0.4, -0.2) is 30.8 Å². The number of aliphatic hydroxyl groups is 1. The van der Waals surface area contributed by atoms with Crippen LogP contribution in [0.25, 0.3) is 0 Å². The molecule has 0 amide bonds. The number of halogens is 3. The highest BCUT2D eigenvalue weighted by Gasteiger charge is 2.30. The molecule has 0 aliphatic heterocycles. The minimum atomic E-state index is -4.69. The van der Waals surface area contributed by atoms with Gasteiger partial charge in [0.05, 0.1) is 13.2 Å². The van der Waals surface area contributed by atoms with Gasteiger partial charge in [0.2, 0.25) is 0 Å². The van der Waals surface area contributed by atoms with Gasteiger partial charge >= 0.3 is 6.36 Å². The molecule has 0 radical (unpaired) electrons. The number of aliphatic hydroxyl groups excluding tert-OH is 1. The van der Waals surface area contributed by atoms with Gasteiger partial charge < -0.3 is 14.6 Å². The maximum Gasteiger partial charge on any atom is 0.573 e. The molecule has 24 heavy (non-hydrogen) atoms. The van der Waals surface area contributed by atoms with E-state index < -0.39 is 6.36 Å². The first kappa shape index (κ1) is 17.8. The maximum absolute atomic E-state index is 12.1. The van der Waals surface area contributed by atoms with Crippen molar-refractivity contribution in [1.29, 1.82) is 0 Å². The van der Waals surface area contributed by atoms with Gasteiger partial charge in [0.25, 0.3) is 0 Å². The predicted octanol–water partition coefficient (Wildman–Crippen LogP) is 3.58. The molecular formula is C17H16F3NO3. The van der Waals surface area contributed by atoms with Crippen LogP contribution in [0.1, 0.15) is 11.1 Å². The minimum absolute atomic E-state index is 0.00446. The first-order chi connectivity index (χ1) is 11.5. The Labute approximate surface area is 137 Å². The zero-order chi connectivity index (χ0) is 17.4. The van der Waals surface area contributed by atoms with E-state index in [2.05, 4.69) is 9.73 Å². The Morgan fingerprint density at radius 3 is 2.17 bits per heavy atom. The van der Waals surface area contributed by atoms with E-state index in [1.807, 2.05) is 12.1 Å². The fourth-order valence-corrected chi connectivity index (χ4v) is 1.83. The van der Waals surface area contributed by atoms with Crippen LogP contribution in [0.5, 0.6) is 11.5 Å². The van der Waals surface area contributed by atoms with Gasteiger partial charge in [0.1, 0.15) is 18.1 Å². The third-order valence-corrected chi connectivity index (χ3v) is 2.91. The predicted molar refractivity (Wildman–Crippen MR) is 83.4 cm³/mol. The highest BCUT2D eigenvalue weighted by atomic mass is 19.4. The van der Waals surface area contributed by atoms with E-state index in [4.69, 9.17) is 9.84 Å². The molecule has 7 heteroatoms. The molecule has 4 nitrogen and oxygen atoms in total. The molecule has 2 aromatic carbocycles. The fourth-order valence-electron chi connectivity index (χ4n) is 1.83.